The zero-order valence-electron chi connectivity index (χ0n) is 15.1. The molecule has 2 aliphatic rings. The maximum Gasteiger partial charge on any atom is 0.255 e. The Hall–Kier alpha value is -3.07. The van der Waals surface area contributed by atoms with Crippen molar-refractivity contribution < 1.29 is 13.9 Å². The third-order valence-electron chi connectivity index (χ3n) is 4.95. The van der Waals surface area contributed by atoms with E-state index in [0.29, 0.717) is 55.2 Å². The maximum atomic E-state index is 14.5. The van der Waals surface area contributed by atoms with Gasteiger partial charge in [-0.2, -0.15) is 0 Å². The predicted octanol–water partition coefficient (Wildman–Crippen LogP) is 1.98. The normalized spacial score (nSPS) is 17.1. The first kappa shape index (κ1) is 17.1. The summed E-state index contributed by atoms with van der Waals surface area (Å²) >= 11 is 0. The van der Waals surface area contributed by atoms with Gasteiger partial charge in [-0.1, -0.05) is 0 Å². The molecule has 9 heteroatoms. The van der Waals surface area contributed by atoms with Crippen molar-refractivity contribution in [3.8, 4) is 11.4 Å². The smallest absolute Gasteiger partial charge is 0.255 e. The highest BCUT2D eigenvalue weighted by Gasteiger charge is 2.24. The van der Waals surface area contributed by atoms with Crippen LogP contribution in [0.3, 0.4) is 0 Å². The lowest BCUT2D eigenvalue weighted by Crippen LogP contribution is -2.40. The SMILES string of the molecule is O=C(c1ccc2ncc(-c3nc(NC4CC4)ncc3F)n2c1)N1CCOCC1. The molecule has 0 radical (unpaired) electrons. The Morgan fingerprint density at radius 2 is 2.00 bits per heavy atom. The van der Waals surface area contributed by atoms with Crippen LogP contribution in [0.5, 0.6) is 0 Å². The van der Waals surface area contributed by atoms with E-state index < -0.39 is 5.82 Å². The highest BCUT2D eigenvalue weighted by molar-refractivity contribution is 5.94. The van der Waals surface area contributed by atoms with Gasteiger partial charge in [0, 0.05) is 25.3 Å². The molecule has 0 atom stereocenters. The average Bonchev–Trinajstić information content (AvgIpc) is 3.45. The molecule has 3 aromatic rings. The lowest BCUT2D eigenvalue weighted by Gasteiger charge is -2.26. The van der Waals surface area contributed by atoms with E-state index in [-0.39, 0.29) is 11.6 Å². The van der Waals surface area contributed by atoms with Crippen molar-refractivity contribution in [1.82, 2.24) is 24.3 Å². The van der Waals surface area contributed by atoms with Crippen LogP contribution in [-0.2, 0) is 4.74 Å². The van der Waals surface area contributed by atoms with Crippen LogP contribution in [0.2, 0.25) is 0 Å². The van der Waals surface area contributed by atoms with Gasteiger partial charge in [0.15, 0.2) is 5.82 Å². The number of aromatic nitrogens is 4. The van der Waals surface area contributed by atoms with Crippen molar-refractivity contribution in [3.63, 3.8) is 0 Å². The number of halogens is 1. The van der Waals surface area contributed by atoms with Gasteiger partial charge in [-0.15, -0.1) is 0 Å². The molecule has 3 aromatic heterocycles. The molecule has 0 aromatic carbocycles. The van der Waals surface area contributed by atoms with Gasteiger partial charge < -0.3 is 15.0 Å². The van der Waals surface area contributed by atoms with E-state index >= 15 is 0 Å². The van der Waals surface area contributed by atoms with Gasteiger partial charge in [0.2, 0.25) is 5.95 Å². The Morgan fingerprint density at radius 1 is 1.18 bits per heavy atom. The summed E-state index contributed by atoms with van der Waals surface area (Å²) in [6.45, 7) is 2.19. The number of nitrogens with zero attached hydrogens (tertiary/aromatic N) is 5. The number of morpholine rings is 1. The summed E-state index contributed by atoms with van der Waals surface area (Å²) in [5, 5.41) is 3.17. The van der Waals surface area contributed by atoms with Crippen molar-refractivity contribution in [3.05, 3.63) is 42.1 Å². The molecule has 1 aliphatic heterocycles. The van der Waals surface area contributed by atoms with Crippen LogP contribution in [0.4, 0.5) is 10.3 Å². The van der Waals surface area contributed by atoms with E-state index in [9.17, 15) is 9.18 Å². The number of amides is 1. The van der Waals surface area contributed by atoms with E-state index in [1.54, 1.807) is 33.8 Å². The molecule has 0 bridgehead atoms. The highest BCUT2D eigenvalue weighted by Crippen LogP contribution is 2.26. The Labute approximate surface area is 160 Å². The van der Waals surface area contributed by atoms with Crippen LogP contribution in [0.1, 0.15) is 23.2 Å². The molecule has 1 saturated carbocycles. The van der Waals surface area contributed by atoms with E-state index in [0.717, 1.165) is 19.0 Å². The topological polar surface area (TPSA) is 84.7 Å². The Bertz CT molecular complexity index is 1040. The van der Waals surface area contributed by atoms with E-state index in [4.69, 9.17) is 4.74 Å². The molecule has 28 heavy (non-hydrogen) atoms. The third kappa shape index (κ3) is 3.18. The second kappa shape index (κ2) is 6.83. The molecular weight excluding hydrogens is 363 g/mol. The molecule has 0 spiro atoms. The second-order valence-corrected chi connectivity index (χ2v) is 7.00. The number of carbonyl (C=O) groups is 1. The summed E-state index contributed by atoms with van der Waals surface area (Å²) in [6, 6.07) is 3.85. The Balaban J connectivity index is 1.52. The molecular formula is C19H19FN6O2. The van der Waals surface area contributed by atoms with Crippen molar-refractivity contribution in [2.45, 2.75) is 18.9 Å². The fraction of sp³-hybridized carbons (Fsp3) is 0.368. The summed E-state index contributed by atoms with van der Waals surface area (Å²) in [4.78, 5) is 27.2. The molecule has 8 nitrogen and oxygen atoms in total. The average molecular weight is 382 g/mol. The Morgan fingerprint density at radius 3 is 2.79 bits per heavy atom. The molecule has 1 N–H and O–H groups in total. The summed E-state index contributed by atoms with van der Waals surface area (Å²) in [5.41, 5.74) is 1.76. The minimum absolute atomic E-state index is 0.0795. The zero-order chi connectivity index (χ0) is 19.1. The maximum absolute atomic E-state index is 14.5. The minimum Gasteiger partial charge on any atom is -0.378 e. The van der Waals surface area contributed by atoms with E-state index in [2.05, 4.69) is 20.3 Å². The van der Waals surface area contributed by atoms with Crippen molar-refractivity contribution in [2.24, 2.45) is 0 Å². The molecule has 5 rings (SSSR count). The van der Waals surface area contributed by atoms with Crippen molar-refractivity contribution in [1.29, 1.82) is 0 Å². The first-order valence-corrected chi connectivity index (χ1v) is 9.32. The van der Waals surface area contributed by atoms with Crippen LogP contribution in [0.25, 0.3) is 17.0 Å². The van der Waals surface area contributed by atoms with Crippen LogP contribution in [-0.4, -0.2) is 62.5 Å². The van der Waals surface area contributed by atoms with Gasteiger partial charge in [0.05, 0.1) is 36.9 Å². The fourth-order valence-electron chi connectivity index (χ4n) is 3.26. The summed E-state index contributed by atoms with van der Waals surface area (Å²) in [5.74, 6) is -0.216. The summed E-state index contributed by atoms with van der Waals surface area (Å²) in [7, 11) is 0. The number of hydrogen-bond donors (Lipinski definition) is 1. The summed E-state index contributed by atoms with van der Waals surface area (Å²) in [6.07, 6.45) is 6.54. The molecule has 4 heterocycles. The number of rotatable bonds is 4. The highest BCUT2D eigenvalue weighted by atomic mass is 19.1. The molecule has 1 amide bonds. The second-order valence-electron chi connectivity index (χ2n) is 7.00. The van der Waals surface area contributed by atoms with Gasteiger partial charge in [0.1, 0.15) is 11.3 Å². The van der Waals surface area contributed by atoms with Gasteiger partial charge in [0.25, 0.3) is 5.91 Å². The van der Waals surface area contributed by atoms with Crippen molar-refractivity contribution >= 4 is 17.5 Å². The van der Waals surface area contributed by atoms with Crippen molar-refractivity contribution in [2.75, 3.05) is 31.6 Å². The quantitative estimate of drug-likeness (QED) is 0.743. The number of anilines is 1. The predicted molar refractivity (Wildman–Crippen MR) is 99.5 cm³/mol. The number of nitrogens with one attached hydrogen (secondary N) is 1. The largest absolute Gasteiger partial charge is 0.378 e. The van der Waals surface area contributed by atoms with Crippen LogP contribution in [0.15, 0.2) is 30.7 Å². The number of pyridine rings is 1. The Kier molecular flexibility index (Phi) is 4.16. The first-order valence-electron chi connectivity index (χ1n) is 9.32. The minimum atomic E-state index is -0.534. The van der Waals surface area contributed by atoms with Gasteiger partial charge in [-0.05, 0) is 25.0 Å². The molecule has 2 fully saturated rings. The van der Waals surface area contributed by atoms with E-state index in [1.807, 2.05) is 0 Å². The standard InChI is InChI=1S/C19H19FN6O2/c20-14-9-22-19(23-13-2-3-13)24-17(14)15-10-21-16-4-1-12(11-26(15)16)18(27)25-5-7-28-8-6-25/h1,4,9-11,13H,2-3,5-8H2,(H,22,23,24). The number of carbonyl (C=O) groups excluding carboxylic acids is 1. The lowest BCUT2D eigenvalue weighted by atomic mass is 10.2. The van der Waals surface area contributed by atoms with Crippen LogP contribution in [0, 0.1) is 5.82 Å². The molecule has 1 aliphatic carbocycles. The van der Waals surface area contributed by atoms with Crippen LogP contribution >= 0.6 is 0 Å². The lowest BCUT2D eigenvalue weighted by molar-refractivity contribution is 0.0302. The fourth-order valence-corrected chi connectivity index (χ4v) is 3.26. The van der Waals surface area contributed by atoms with Gasteiger partial charge in [-0.25, -0.2) is 19.3 Å². The van der Waals surface area contributed by atoms with E-state index in [1.165, 1.54) is 0 Å². The summed E-state index contributed by atoms with van der Waals surface area (Å²) < 4.78 is 21.5. The number of imidazole rings is 1. The third-order valence-corrected chi connectivity index (χ3v) is 4.95. The number of fused-ring (bicyclic) bond motifs is 1. The van der Waals surface area contributed by atoms with Crippen LogP contribution < -0.4 is 5.32 Å². The monoisotopic (exact) mass is 382 g/mol. The first-order chi connectivity index (χ1) is 13.7. The molecule has 1 saturated heterocycles. The van der Waals surface area contributed by atoms with Gasteiger partial charge in [-0.3, -0.25) is 9.20 Å². The van der Waals surface area contributed by atoms with Gasteiger partial charge >= 0.3 is 0 Å². The molecule has 0 unspecified atom stereocenters. The number of ether oxygens (including phenoxy) is 1. The molecule has 144 valence electrons. The zero-order valence-corrected chi connectivity index (χ0v) is 15.1. The number of hydrogen-bond acceptors (Lipinski definition) is 6.